The molecule has 2 atom stereocenters. The van der Waals surface area contributed by atoms with Gasteiger partial charge in [-0.05, 0) is 41.7 Å². The normalized spacial score (nSPS) is 13.7. The number of benzene rings is 2. The number of oxazole rings is 1. The number of nitrogens with zero attached hydrogens (tertiary/aromatic N) is 1. The van der Waals surface area contributed by atoms with Gasteiger partial charge in [0.05, 0.1) is 12.1 Å². The van der Waals surface area contributed by atoms with Gasteiger partial charge < -0.3 is 15.5 Å². The third kappa shape index (κ3) is 4.11. The lowest BCUT2D eigenvalue weighted by atomic mass is 10.0. The Morgan fingerprint density at radius 3 is 2.62 bits per heavy atom. The van der Waals surface area contributed by atoms with Crippen LogP contribution in [0.25, 0.3) is 10.8 Å². The van der Waals surface area contributed by atoms with Gasteiger partial charge in [0.2, 0.25) is 5.89 Å². The molecule has 0 fully saturated rings. The Kier molecular flexibility index (Phi) is 5.38. The molecule has 0 aliphatic carbocycles. The van der Waals surface area contributed by atoms with Gasteiger partial charge in [0.25, 0.3) is 5.91 Å². The first-order chi connectivity index (χ1) is 12.4. The summed E-state index contributed by atoms with van der Waals surface area (Å²) < 4.78 is 5.40. The van der Waals surface area contributed by atoms with Crippen LogP contribution in [0, 0.1) is 5.92 Å². The Bertz CT molecular complexity index is 901. The van der Waals surface area contributed by atoms with Crippen molar-refractivity contribution in [2.45, 2.75) is 39.3 Å². The zero-order valence-electron chi connectivity index (χ0n) is 15.4. The van der Waals surface area contributed by atoms with E-state index < -0.39 is 0 Å². The minimum Gasteiger partial charge on any atom is -0.446 e. The maximum absolute atomic E-state index is 12.5. The molecule has 0 saturated carbocycles. The fourth-order valence-electron chi connectivity index (χ4n) is 3.00. The number of hydrogen-bond donors (Lipinski definition) is 2. The lowest BCUT2D eigenvalue weighted by Crippen LogP contribution is -2.27. The molecule has 5 heteroatoms. The number of carbonyl (C=O) groups excluding carboxylic acids is 1. The van der Waals surface area contributed by atoms with Gasteiger partial charge in [0, 0.05) is 0 Å². The molecule has 26 heavy (non-hydrogen) atoms. The van der Waals surface area contributed by atoms with Gasteiger partial charge >= 0.3 is 0 Å². The molecule has 2 aromatic carbocycles. The number of aromatic nitrogens is 1. The molecule has 0 saturated heterocycles. The van der Waals surface area contributed by atoms with Crippen LogP contribution in [-0.2, 0) is 0 Å². The Balaban J connectivity index is 1.69. The molecule has 0 radical (unpaired) electrons. The predicted octanol–water partition coefficient (Wildman–Crippen LogP) is 4.36. The summed E-state index contributed by atoms with van der Waals surface area (Å²) in [6.07, 6.45) is 2.13. The topological polar surface area (TPSA) is 81.1 Å². The van der Waals surface area contributed by atoms with Crippen LogP contribution in [0.5, 0.6) is 0 Å². The summed E-state index contributed by atoms with van der Waals surface area (Å²) in [6, 6.07) is 13.9. The quantitative estimate of drug-likeness (QED) is 0.691. The van der Waals surface area contributed by atoms with E-state index in [0.29, 0.717) is 11.8 Å². The highest BCUT2D eigenvalue weighted by atomic mass is 16.3. The number of nitrogens with one attached hydrogen (secondary N) is 1. The molecule has 1 amide bonds. The number of hydrogen-bond acceptors (Lipinski definition) is 4. The van der Waals surface area contributed by atoms with Crippen molar-refractivity contribution in [2.24, 2.45) is 11.7 Å². The molecule has 3 N–H and O–H groups in total. The van der Waals surface area contributed by atoms with Crippen molar-refractivity contribution in [1.29, 1.82) is 0 Å². The third-order valence-corrected chi connectivity index (χ3v) is 4.42. The van der Waals surface area contributed by atoms with Gasteiger partial charge in [0.1, 0.15) is 6.26 Å². The van der Waals surface area contributed by atoms with Crippen LogP contribution in [0.1, 0.15) is 61.2 Å². The summed E-state index contributed by atoms with van der Waals surface area (Å²) in [5.74, 6) is 0.571. The number of fused-ring (bicyclic) bond motifs is 1. The standard InChI is InChI=1S/C21H25N3O2/c1-13(2)10-18(22)21-24-19(12-26-21)20(25)23-14(3)16-9-8-15-6-4-5-7-17(15)11-16/h4-9,11-14,18H,10,22H2,1-3H3,(H,23,25). The van der Waals surface area contributed by atoms with Crippen LogP contribution >= 0.6 is 0 Å². The molecule has 5 nitrogen and oxygen atoms in total. The van der Waals surface area contributed by atoms with Crippen molar-refractivity contribution in [3.63, 3.8) is 0 Å². The zero-order valence-corrected chi connectivity index (χ0v) is 15.4. The minimum atomic E-state index is -0.297. The molecule has 3 rings (SSSR count). The van der Waals surface area contributed by atoms with Crippen LogP contribution in [0.15, 0.2) is 53.1 Å². The lowest BCUT2D eigenvalue weighted by molar-refractivity contribution is 0.0935. The SMILES string of the molecule is CC(C)CC(N)c1nc(C(=O)NC(C)c2ccc3ccccc3c2)co1. The highest BCUT2D eigenvalue weighted by Crippen LogP contribution is 2.21. The van der Waals surface area contributed by atoms with E-state index in [0.717, 1.165) is 17.4 Å². The van der Waals surface area contributed by atoms with Gasteiger partial charge in [0.15, 0.2) is 5.69 Å². The monoisotopic (exact) mass is 351 g/mol. The number of carbonyl (C=O) groups is 1. The Hall–Kier alpha value is -2.66. The zero-order chi connectivity index (χ0) is 18.7. The van der Waals surface area contributed by atoms with Crippen molar-refractivity contribution in [2.75, 3.05) is 0 Å². The molecule has 1 aromatic heterocycles. The summed E-state index contributed by atoms with van der Waals surface area (Å²) in [5.41, 5.74) is 7.36. The highest BCUT2D eigenvalue weighted by molar-refractivity contribution is 5.92. The van der Waals surface area contributed by atoms with Crippen LogP contribution in [0.4, 0.5) is 0 Å². The first-order valence-electron chi connectivity index (χ1n) is 8.94. The first-order valence-corrected chi connectivity index (χ1v) is 8.94. The molecule has 1 heterocycles. The van der Waals surface area contributed by atoms with Crippen molar-refractivity contribution in [3.05, 3.63) is 65.9 Å². The Morgan fingerprint density at radius 1 is 1.15 bits per heavy atom. The average molecular weight is 351 g/mol. The average Bonchev–Trinajstić information content (AvgIpc) is 3.11. The molecular weight excluding hydrogens is 326 g/mol. The third-order valence-electron chi connectivity index (χ3n) is 4.42. The fourth-order valence-corrected chi connectivity index (χ4v) is 3.00. The number of amides is 1. The highest BCUT2D eigenvalue weighted by Gasteiger charge is 2.19. The van der Waals surface area contributed by atoms with E-state index in [2.05, 4.69) is 48.4 Å². The molecule has 2 unspecified atom stereocenters. The molecular formula is C21H25N3O2. The van der Waals surface area contributed by atoms with E-state index in [1.54, 1.807) is 0 Å². The van der Waals surface area contributed by atoms with Crippen LogP contribution < -0.4 is 11.1 Å². The summed E-state index contributed by atoms with van der Waals surface area (Å²) in [7, 11) is 0. The Morgan fingerprint density at radius 2 is 1.88 bits per heavy atom. The maximum atomic E-state index is 12.5. The van der Waals surface area contributed by atoms with E-state index >= 15 is 0 Å². The first kappa shape index (κ1) is 18.1. The molecule has 3 aromatic rings. The van der Waals surface area contributed by atoms with Crippen molar-refractivity contribution < 1.29 is 9.21 Å². The summed E-state index contributed by atoms with van der Waals surface area (Å²) in [5, 5.41) is 5.29. The van der Waals surface area contributed by atoms with Crippen molar-refractivity contribution in [1.82, 2.24) is 10.3 Å². The molecule has 136 valence electrons. The summed E-state index contributed by atoms with van der Waals surface area (Å²) in [4.78, 5) is 16.7. The predicted molar refractivity (Wildman–Crippen MR) is 103 cm³/mol. The van der Waals surface area contributed by atoms with Crippen LogP contribution in [0.3, 0.4) is 0 Å². The second-order valence-electron chi connectivity index (χ2n) is 7.11. The van der Waals surface area contributed by atoms with Gasteiger partial charge in [-0.15, -0.1) is 0 Å². The van der Waals surface area contributed by atoms with E-state index in [1.807, 2.05) is 25.1 Å². The largest absolute Gasteiger partial charge is 0.446 e. The molecule has 0 bridgehead atoms. The molecule has 0 aliphatic heterocycles. The maximum Gasteiger partial charge on any atom is 0.273 e. The van der Waals surface area contributed by atoms with Gasteiger partial charge in [-0.2, -0.15) is 0 Å². The van der Waals surface area contributed by atoms with Crippen LogP contribution in [0.2, 0.25) is 0 Å². The van der Waals surface area contributed by atoms with Gasteiger partial charge in [-0.25, -0.2) is 4.98 Å². The van der Waals surface area contributed by atoms with Crippen molar-refractivity contribution >= 4 is 16.7 Å². The second-order valence-corrected chi connectivity index (χ2v) is 7.11. The second kappa shape index (κ2) is 7.70. The van der Waals surface area contributed by atoms with Gasteiger partial charge in [-0.1, -0.05) is 50.2 Å². The number of rotatable bonds is 6. The van der Waals surface area contributed by atoms with E-state index in [-0.39, 0.29) is 23.7 Å². The Labute approximate surface area is 153 Å². The summed E-state index contributed by atoms with van der Waals surface area (Å²) in [6.45, 7) is 6.12. The fraction of sp³-hybridized carbons (Fsp3) is 0.333. The van der Waals surface area contributed by atoms with Crippen LogP contribution in [-0.4, -0.2) is 10.9 Å². The summed E-state index contributed by atoms with van der Waals surface area (Å²) >= 11 is 0. The van der Waals surface area contributed by atoms with E-state index in [9.17, 15) is 4.79 Å². The minimum absolute atomic E-state index is 0.142. The lowest BCUT2D eigenvalue weighted by Gasteiger charge is -2.14. The molecule has 0 spiro atoms. The smallest absolute Gasteiger partial charge is 0.273 e. The van der Waals surface area contributed by atoms with E-state index in [1.165, 1.54) is 11.6 Å². The van der Waals surface area contributed by atoms with E-state index in [4.69, 9.17) is 10.2 Å². The number of nitrogens with two attached hydrogens (primary N) is 1. The molecule has 0 aliphatic rings. The van der Waals surface area contributed by atoms with Gasteiger partial charge in [-0.3, -0.25) is 4.79 Å². The van der Waals surface area contributed by atoms with Crippen molar-refractivity contribution in [3.8, 4) is 0 Å².